The zero-order valence-corrected chi connectivity index (χ0v) is 16.4. The fraction of sp³-hybridized carbons (Fsp3) is 0.375. The number of carbonyl (C=O) groups excluding carboxylic acids is 3. The third-order valence-corrected chi connectivity index (χ3v) is 5.91. The molecule has 4 rings (SSSR count). The van der Waals surface area contributed by atoms with Crippen LogP contribution in [0, 0.1) is 11.8 Å². The molecular weight excluding hydrogens is 366 g/mol. The molecule has 0 aromatic heterocycles. The Kier molecular flexibility index (Phi) is 5.74. The quantitative estimate of drug-likeness (QED) is 0.427. The van der Waals surface area contributed by atoms with Gasteiger partial charge >= 0.3 is 5.97 Å². The molecule has 2 aliphatic rings. The minimum Gasteiger partial charge on any atom is -0.426 e. The molecule has 1 aliphatic heterocycles. The van der Waals surface area contributed by atoms with Crippen LogP contribution in [0.25, 0.3) is 0 Å². The lowest BCUT2D eigenvalue weighted by atomic mass is 9.81. The second-order valence-corrected chi connectivity index (χ2v) is 7.82. The summed E-state index contributed by atoms with van der Waals surface area (Å²) < 4.78 is 5.58. The molecule has 1 heterocycles. The summed E-state index contributed by atoms with van der Waals surface area (Å²) in [5.41, 5.74) is 2.05. The van der Waals surface area contributed by atoms with Crippen LogP contribution in [0.1, 0.15) is 43.2 Å². The first-order chi connectivity index (χ1) is 14.1. The fourth-order valence-electron chi connectivity index (χ4n) is 4.39. The molecule has 5 heteroatoms. The van der Waals surface area contributed by atoms with Gasteiger partial charge < -0.3 is 4.74 Å². The number of amides is 2. The first-order valence-electron chi connectivity index (χ1n) is 10.3. The Morgan fingerprint density at radius 2 is 1.52 bits per heavy atom. The molecule has 0 spiro atoms. The second kappa shape index (κ2) is 8.60. The maximum atomic E-state index is 12.5. The van der Waals surface area contributed by atoms with E-state index < -0.39 is 5.97 Å². The summed E-state index contributed by atoms with van der Waals surface area (Å²) in [5.74, 6) is -0.498. The van der Waals surface area contributed by atoms with E-state index in [-0.39, 0.29) is 36.6 Å². The van der Waals surface area contributed by atoms with E-state index in [0.29, 0.717) is 12.2 Å². The summed E-state index contributed by atoms with van der Waals surface area (Å²) in [6.07, 6.45) is 4.22. The van der Waals surface area contributed by atoms with E-state index in [1.54, 1.807) is 6.07 Å². The van der Waals surface area contributed by atoms with E-state index in [2.05, 4.69) is 0 Å². The van der Waals surface area contributed by atoms with Crippen LogP contribution in [0.4, 0.5) is 0 Å². The number of esters is 1. The number of rotatable bonds is 6. The molecule has 0 bridgehead atoms. The lowest BCUT2D eigenvalue weighted by molar-refractivity contribution is -0.141. The zero-order chi connectivity index (χ0) is 20.2. The average Bonchev–Trinajstić information content (AvgIpc) is 2.99. The van der Waals surface area contributed by atoms with E-state index in [9.17, 15) is 14.4 Å². The predicted molar refractivity (Wildman–Crippen MR) is 108 cm³/mol. The van der Waals surface area contributed by atoms with Gasteiger partial charge in [0, 0.05) is 13.0 Å². The van der Waals surface area contributed by atoms with Crippen molar-refractivity contribution in [3.63, 3.8) is 0 Å². The molecule has 2 aromatic rings. The van der Waals surface area contributed by atoms with Crippen molar-refractivity contribution in [3.8, 4) is 5.75 Å². The number of nitrogens with zero attached hydrogens (tertiary/aromatic N) is 1. The van der Waals surface area contributed by atoms with Gasteiger partial charge in [0.2, 0.25) is 11.8 Å². The monoisotopic (exact) mass is 391 g/mol. The topological polar surface area (TPSA) is 63.7 Å². The van der Waals surface area contributed by atoms with Crippen LogP contribution in [0.5, 0.6) is 5.75 Å². The second-order valence-electron chi connectivity index (χ2n) is 7.82. The summed E-state index contributed by atoms with van der Waals surface area (Å²) in [6, 6.07) is 17.4. The van der Waals surface area contributed by atoms with Crippen molar-refractivity contribution in [3.05, 3.63) is 65.7 Å². The normalized spacial score (nSPS) is 21.2. The Balaban J connectivity index is 1.37. The Morgan fingerprint density at radius 3 is 2.21 bits per heavy atom. The molecule has 1 aliphatic carbocycles. The molecule has 1 saturated carbocycles. The number of benzene rings is 2. The Bertz CT molecular complexity index is 884. The molecule has 2 atom stereocenters. The predicted octanol–water partition coefficient (Wildman–Crippen LogP) is 3.75. The number of ether oxygens (including phenoxy) is 1. The molecule has 0 unspecified atom stereocenters. The third-order valence-electron chi connectivity index (χ3n) is 5.91. The highest BCUT2D eigenvalue weighted by molar-refractivity contribution is 6.05. The number of fused-ring (bicyclic) bond motifs is 1. The summed E-state index contributed by atoms with van der Waals surface area (Å²) in [5, 5.41) is 0. The molecule has 2 amide bonds. The van der Waals surface area contributed by atoms with Crippen LogP contribution >= 0.6 is 0 Å². The summed E-state index contributed by atoms with van der Waals surface area (Å²) in [4.78, 5) is 38.8. The van der Waals surface area contributed by atoms with Gasteiger partial charge in [-0.2, -0.15) is 0 Å². The maximum absolute atomic E-state index is 12.5. The zero-order valence-electron chi connectivity index (χ0n) is 16.4. The van der Waals surface area contributed by atoms with E-state index in [1.807, 2.05) is 48.5 Å². The van der Waals surface area contributed by atoms with Crippen molar-refractivity contribution >= 4 is 17.8 Å². The van der Waals surface area contributed by atoms with Crippen LogP contribution in [0.2, 0.25) is 0 Å². The van der Waals surface area contributed by atoms with Gasteiger partial charge in [-0.05, 0) is 30.0 Å². The molecule has 0 radical (unpaired) electrons. The van der Waals surface area contributed by atoms with Crippen molar-refractivity contribution in [1.82, 2.24) is 4.90 Å². The Labute approximate surface area is 170 Å². The SMILES string of the molecule is O=C(CCN1C(=O)[C@H]2CCCC[C@H]2C1=O)Oc1ccccc1Cc1ccccc1. The van der Waals surface area contributed by atoms with Crippen molar-refractivity contribution in [2.24, 2.45) is 11.8 Å². The highest BCUT2D eigenvalue weighted by atomic mass is 16.5. The van der Waals surface area contributed by atoms with E-state index >= 15 is 0 Å². The van der Waals surface area contributed by atoms with E-state index in [4.69, 9.17) is 4.74 Å². The lowest BCUT2D eigenvalue weighted by Gasteiger charge is -2.19. The first kappa shape index (κ1) is 19.4. The van der Waals surface area contributed by atoms with Gasteiger partial charge in [0.25, 0.3) is 0 Å². The van der Waals surface area contributed by atoms with Gasteiger partial charge in [-0.25, -0.2) is 0 Å². The maximum Gasteiger partial charge on any atom is 0.313 e. The highest BCUT2D eigenvalue weighted by Gasteiger charge is 2.47. The minimum atomic E-state index is -0.430. The molecule has 2 aromatic carbocycles. The van der Waals surface area contributed by atoms with Gasteiger partial charge in [0.05, 0.1) is 18.3 Å². The number of likely N-dealkylation sites (tertiary alicyclic amines) is 1. The number of hydrogen-bond acceptors (Lipinski definition) is 4. The van der Waals surface area contributed by atoms with Gasteiger partial charge in [-0.3, -0.25) is 19.3 Å². The van der Waals surface area contributed by atoms with Gasteiger partial charge in [-0.15, -0.1) is 0 Å². The molecule has 29 heavy (non-hydrogen) atoms. The third kappa shape index (κ3) is 4.24. The number of imide groups is 1. The van der Waals surface area contributed by atoms with Crippen molar-refractivity contribution in [2.75, 3.05) is 6.54 Å². The van der Waals surface area contributed by atoms with Gasteiger partial charge in [-0.1, -0.05) is 61.4 Å². The van der Waals surface area contributed by atoms with Crippen LogP contribution in [0.3, 0.4) is 0 Å². The van der Waals surface area contributed by atoms with Crippen molar-refractivity contribution < 1.29 is 19.1 Å². The number of hydrogen-bond donors (Lipinski definition) is 0. The van der Waals surface area contributed by atoms with Crippen molar-refractivity contribution in [2.45, 2.75) is 38.5 Å². The Morgan fingerprint density at radius 1 is 0.897 bits per heavy atom. The largest absolute Gasteiger partial charge is 0.426 e. The van der Waals surface area contributed by atoms with Crippen LogP contribution < -0.4 is 4.74 Å². The number of para-hydroxylation sites is 1. The van der Waals surface area contributed by atoms with Crippen LogP contribution in [0.15, 0.2) is 54.6 Å². The smallest absolute Gasteiger partial charge is 0.313 e. The van der Waals surface area contributed by atoms with E-state index in [0.717, 1.165) is 36.8 Å². The molecule has 150 valence electrons. The summed E-state index contributed by atoms with van der Waals surface area (Å²) in [7, 11) is 0. The van der Waals surface area contributed by atoms with Crippen LogP contribution in [-0.4, -0.2) is 29.2 Å². The summed E-state index contributed by atoms with van der Waals surface area (Å²) >= 11 is 0. The molecular formula is C24H25NO4. The Hall–Kier alpha value is -2.95. The first-order valence-corrected chi connectivity index (χ1v) is 10.3. The minimum absolute atomic E-state index is 0.0105. The van der Waals surface area contributed by atoms with Gasteiger partial charge in [0.1, 0.15) is 5.75 Å². The van der Waals surface area contributed by atoms with Crippen LogP contribution in [-0.2, 0) is 20.8 Å². The number of carbonyl (C=O) groups is 3. The van der Waals surface area contributed by atoms with E-state index in [1.165, 1.54) is 4.90 Å². The fourth-order valence-corrected chi connectivity index (χ4v) is 4.39. The molecule has 1 saturated heterocycles. The molecule has 2 fully saturated rings. The average molecular weight is 391 g/mol. The molecule has 0 N–H and O–H groups in total. The molecule has 5 nitrogen and oxygen atoms in total. The summed E-state index contributed by atoms with van der Waals surface area (Å²) in [6.45, 7) is 0.102. The lowest BCUT2D eigenvalue weighted by Crippen LogP contribution is -2.33. The van der Waals surface area contributed by atoms with Crippen molar-refractivity contribution in [1.29, 1.82) is 0 Å². The van der Waals surface area contributed by atoms with Gasteiger partial charge in [0.15, 0.2) is 0 Å². The highest BCUT2D eigenvalue weighted by Crippen LogP contribution is 2.38. The standard InChI is InChI=1S/C24H25NO4/c26-22(14-15-25-23(27)19-11-5-6-12-20(19)24(25)28)29-21-13-7-4-10-18(21)16-17-8-2-1-3-9-17/h1-4,7-10,13,19-20H,5-6,11-12,14-16H2/t19-,20+.